The van der Waals surface area contributed by atoms with E-state index in [1.165, 1.54) is 5.56 Å². The van der Waals surface area contributed by atoms with E-state index in [1.807, 2.05) is 12.1 Å². The molecule has 1 aromatic rings. The Balaban J connectivity index is 2.09. The van der Waals surface area contributed by atoms with E-state index in [1.54, 1.807) is 0 Å². The van der Waals surface area contributed by atoms with Crippen molar-refractivity contribution in [2.75, 3.05) is 26.4 Å². The summed E-state index contributed by atoms with van der Waals surface area (Å²) >= 11 is 0. The lowest BCUT2D eigenvalue weighted by Crippen LogP contribution is -2.07. The van der Waals surface area contributed by atoms with E-state index in [9.17, 15) is 0 Å². The van der Waals surface area contributed by atoms with Crippen LogP contribution in [0, 0.1) is 0 Å². The highest BCUT2D eigenvalue weighted by molar-refractivity contribution is 5.28. The minimum Gasteiger partial charge on any atom is -0.493 e. The molecule has 0 aliphatic rings. The second kappa shape index (κ2) is 9.02. The molecular weight excluding hydrogens is 214 g/mol. The zero-order valence-electron chi connectivity index (χ0n) is 10.7. The molecule has 17 heavy (non-hydrogen) atoms. The molecule has 2 N–H and O–H groups in total. The Morgan fingerprint density at radius 1 is 1.12 bits per heavy atom. The van der Waals surface area contributed by atoms with Gasteiger partial charge in [-0.25, -0.2) is 0 Å². The molecule has 0 fully saturated rings. The molecule has 0 aromatic heterocycles. The van der Waals surface area contributed by atoms with Crippen LogP contribution in [0.4, 0.5) is 0 Å². The number of rotatable bonds is 9. The van der Waals surface area contributed by atoms with Crippen molar-refractivity contribution in [3.8, 4) is 5.75 Å². The van der Waals surface area contributed by atoms with E-state index >= 15 is 0 Å². The molecular formula is C14H23NO2. The second-order valence-electron chi connectivity index (χ2n) is 3.96. The Hall–Kier alpha value is -1.06. The highest BCUT2D eigenvalue weighted by Crippen LogP contribution is 2.13. The Labute approximate surface area is 104 Å². The first kappa shape index (κ1) is 14.0. The van der Waals surface area contributed by atoms with Crippen molar-refractivity contribution in [3.05, 3.63) is 29.8 Å². The topological polar surface area (TPSA) is 44.5 Å². The van der Waals surface area contributed by atoms with Gasteiger partial charge in [-0.2, -0.15) is 0 Å². The molecule has 0 amide bonds. The van der Waals surface area contributed by atoms with Gasteiger partial charge in [-0.3, -0.25) is 0 Å². The Bertz CT molecular complexity index is 302. The predicted molar refractivity (Wildman–Crippen MR) is 70.4 cm³/mol. The van der Waals surface area contributed by atoms with E-state index in [2.05, 4.69) is 19.1 Å². The van der Waals surface area contributed by atoms with Crippen LogP contribution in [0.15, 0.2) is 24.3 Å². The maximum atomic E-state index is 5.65. The summed E-state index contributed by atoms with van der Waals surface area (Å²) in [7, 11) is 0. The fourth-order valence-corrected chi connectivity index (χ4v) is 1.49. The van der Waals surface area contributed by atoms with E-state index in [4.69, 9.17) is 15.2 Å². The number of aryl methyl sites for hydroxylation is 1. The zero-order chi connectivity index (χ0) is 12.3. The third-order valence-corrected chi connectivity index (χ3v) is 2.50. The van der Waals surface area contributed by atoms with Crippen molar-refractivity contribution in [1.29, 1.82) is 0 Å². The first-order valence-electron chi connectivity index (χ1n) is 6.36. The summed E-state index contributed by atoms with van der Waals surface area (Å²) in [5, 5.41) is 0. The maximum Gasteiger partial charge on any atom is 0.119 e. The molecule has 0 aliphatic carbocycles. The Morgan fingerprint density at radius 3 is 2.71 bits per heavy atom. The lowest BCUT2D eigenvalue weighted by Gasteiger charge is -2.07. The summed E-state index contributed by atoms with van der Waals surface area (Å²) in [5.74, 6) is 0.950. The summed E-state index contributed by atoms with van der Waals surface area (Å²) < 4.78 is 11.0. The average Bonchev–Trinajstić information content (AvgIpc) is 2.38. The minimum atomic E-state index is 0.695. The van der Waals surface area contributed by atoms with Gasteiger partial charge in [0, 0.05) is 19.6 Å². The standard InChI is InChI=1S/C14H23NO2/c1-2-13-6-3-7-14(12-13)17-11-5-10-16-9-4-8-15/h3,6-7,12H,2,4-5,8-11,15H2,1H3. The molecule has 3 nitrogen and oxygen atoms in total. The molecule has 1 aromatic carbocycles. The van der Waals surface area contributed by atoms with Crippen molar-refractivity contribution in [2.24, 2.45) is 5.73 Å². The van der Waals surface area contributed by atoms with Gasteiger partial charge in [-0.05, 0) is 37.1 Å². The fraction of sp³-hybridized carbons (Fsp3) is 0.571. The molecule has 0 atom stereocenters. The van der Waals surface area contributed by atoms with E-state index in [0.717, 1.165) is 38.2 Å². The largest absolute Gasteiger partial charge is 0.493 e. The van der Waals surface area contributed by atoms with Crippen molar-refractivity contribution in [2.45, 2.75) is 26.2 Å². The van der Waals surface area contributed by atoms with Gasteiger partial charge < -0.3 is 15.2 Å². The van der Waals surface area contributed by atoms with Gasteiger partial charge in [0.1, 0.15) is 5.75 Å². The third kappa shape index (κ3) is 6.29. The van der Waals surface area contributed by atoms with Crippen LogP contribution in [-0.2, 0) is 11.2 Å². The lowest BCUT2D eigenvalue weighted by molar-refractivity contribution is 0.118. The van der Waals surface area contributed by atoms with Crippen LogP contribution in [0.2, 0.25) is 0 Å². The second-order valence-corrected chi connectivity index (χ2v) is 3.96. The molecule has 0 unspecified atom stereocenters. The molecule has 3 heteroatoms. The number of ether oxygens (including phenoxy) is 2. The molecule has 0 saturated carbocycles. The number of benzene rings is 1. The molecule has 96 valence electrons. The normalized spacial score (nSPS) is 10.5. The van der Waals surface area contributed by atoms with Crippen LogP contribution in [0.3, 0.4) is 0 Å². The molecule has 0 radical (unpaired) electrons. The highest BCUT2D eigenvalue weighted by Gasteiger charge is 1.95. The Morgan fingerprint density at radius 2 is 1.94 bits per heavy atom. The monoisotopic (exact) mass is 237 g/mol. The molecule has 0 bridgehead atoms. The Kier molecular flexibility index (Phi) is 7.43. The van der Waals surface area contributed by atoms with Crippen LogP contribution in [0.5, 0.6) is 5.75 Å². The van der Waals surface area contributed by atoms with Crippen molar-refractivity contribution < 1.29 is 9.47 Å². The van der Waals surface area contributed by atoms with Gasteiger partial charge in [0.25, 0.3) is 0 Å². The summed E-state index contributed by atoms with van der Waals surface area (Å²) in [6, 6.07) is 8.23. The van der Waals surface area contributed by atoms with E-state index < -0.39 is 0 Å². The van der Waals surface area contributed by atoms with Crippen molar-refractivity contribution >= 4 is 0 Å². The van der Waals surface area contributed by atoms with Gasteiger partial charge in [-0.15, -0.1) is 0 Å². The summed E-state index contributed by atoms with van der Waals surface area (Å²) in [4.78, 5) is 0. The number of hydrogen-bond donors (Lipinski definition) is 1. The van der Waals surface area contributed by atoms with Crippen molar-refractivity contribution in [1.82, 2.24) is 0 Å². The molecule has 0 heterocycles. The smallest absolute Gasteiger partial charge is 0.119 e. The maximum absolute atomic E-state index is 5.65. The van der Waals surface area contributed by atoms with E-state index in [-0.39, 0.29) is 0 Å². The van der Waals surface area contributed by atoms with Gasteiger partial charge in [0.05, 0.1) is 6.61 Å². The third-order valence-electron chi connectivity index (χ3n) is 2.50. The lowest BCUT2D eigenvalue weighted by atomic mass is 10.2. The van der Waals surface area contributed by atoms with Gasteiger partial charge in [-0.1, -0.05) is 19.1 Å². The molecule has 0 spiro atoms. The fourth-order valence-electron chi connectivity index (χ4n) is 1.49. The molecule has 0 saturated heterocycles. The SMILES string of the molecule is CCc1cccc(OCCCOCCCN)c1. The van der Waals surface area contributed by atoms with Crippen LogP contribution < -0.4 is 10.5 Å². The predicted octanol–water partition coefficient (Wildman–Crippen LogP) is 2.38. The van der Waals surface area contributed by atoms with E-state index in [0.29, 0.717) is 13.2 Å². The summed E-state index contributed by atoms with van der Waals surface area (Å²) in [6.45, 7) is 5.04. The van der Waals surface area contributed by atoms with Crippen LogP contribution in [-0.4, -0.2) is 26.4 Å². The number of nitrogens with two attached hydrogens (primary N) is 1. The van der Waals surface area contributed by atoms with Crippen molar-refractivity contribution in [3.63, 3.8) is 0 Å². The summed E-state index contributed by atoms with van der Waals surface area (Å²) in [6.07, 6.45) is 2.89. The highest BCUT2D eigenvalue weighted by atomic mass is 16.5. The minimum absolute atomic E-state index is 0.695. The molecule has 0 aliphatic heterocycles. The van der Waals surface area contributed by atoms with Crippen LogP contribution >= 0.6 is 0 Å². The summed E-state index contributed by atoms with van der Waals surface area (Å²) in [5.41, 5.74) is 6.68. The molecule has 1 rings (SSSR count). The number of hydrogen-bond acceptors (Lipinski definition) is 3. The van der Waals surface area contributed by atoms with Gasteiger partial charge in [0.15, 0.2) is 0 Å². The zero-order valence-corrected chi connectivity index (χ0v) is 10.7. The first-order valence-corrected chi connectivity index (χ1v) is 6.36. The van der Waals surface area contributed by atoms with Crippen LogP contribution in [0.1, 0.15) is 25.3 Å². The average molecular weight is 237 g/mol. The quantitative estimate of drug-likeness (QED) is 0.671. The first-order chi connectivity index (χ1) is 8.36. The van der Waals surface area contributed by atoms with Gasteiger partial charge >= 0.3 is 0 Å². The van der Waals surface area contributed by atoms with Gasteiger partial charge in [0.2, 0.25) is 0 Å². The van der Waals surface area contributed by atoms with Crippen LogP contribution in [0.25, 0.3) is 0 Å².